The molecule has 0 aliphatic carbocycles. The third-order valence-electron chi connectivity index (χ3n) is 2.10. The van der Waals surface area contributed by atoms with Gasteiger partial charge in [-0.2, -0.15) is 5.26 Å². The molecule has 0 unspecified atom stereocenters. The van der Waals surface area contributed by atoms with Gasteiger partial charge in [0.05, 0.1) is 11.6 Å². The molecule has 1 aromatic carbocycles. The van der Waals surface area contributed by atoms with Crippen molar-refractivity contribution in [3.8, 4) is 6.07 Å². The van der Waals surface area contributed by atoms with Crippen LogP contribution in [0.3, 0.4) is 0 Å². The van der Waals surface area contributed by atoms with Crippen LogP contribution in [0.2, 0.25) is 0 Å². The third kappa shape index (κ3) is 2.30. The Balaban J connectivity index is 3.01. The molecule has 14 heavy (non-hydrogen) atoms. The molecule has 2 nitrogen and oxygen atoms in total. The van der Waals surface area contributed by atoms with Crippen molar-refractivity contribution in [2.24, 2.45) is 0 Å². The SMILES string of the molecule is CCN[C@H](C)c1cc(C#N)ccc1F. The summed E-state index contributed by atoms with van der Waals surface area (Å²) < 4.78 is 13.3. The van der Waals surface area contributed by atoms with Gasteiger partial charge in [-0.05, 0) is 31.7 Å². The van der Waals surface area contributed by atoms with Crippen LogP contribution in [0.4, 0.5) is 4.39 Å². The first kappa shape index (κ1) is 10.7. The molecule has 0 aromatic heterocycles. The van der Waals surface area contributed by atoms with Gasteiger partial charge in [0.25, 0.3) is 0 Å². The molecule has 1 aromatic rings. The summed E-state index contributed by atoms with van der Waals surface area (Å²) in [5.41, 5.74) is 1.04. The first-order chi connectivity index (χ1) is 6.69. The van der Waals surface area contributed by atoms with Gasteiger partial charge in [-0.25, -0.2) is 4.39 Å². The maximum atomic E-state index is 13.3. The summed E-state index contributed by atoms with van der Waals surface area (Å²) in [6, 6.07) is 6.34. The average molecular weight is 192 g/mol. The van der Waals surface area contributed by atoms with Gasteiger partial charge in [0, 0.05) is 11.6 Å². The summed E-state index contributed by atoms with van der Waals surface area (Å²) >= 11 is 0. The van der Waals surface area contributed by atoms with Crippen LogP contribution in [0.15, 0.2) is 18.2 Å². The van der Waals surface area contributed by atoms with E-state index in [9.17, 15) is 4.39 Å². The number of nitrogens with one attached hydrogen (secondary N) is 1. The third-order valence-corrected chi connectivity index (χ3v) is 2.10. The van der Waals surface area contributed by atoms with E-state index in [0.29, 0.717) is 11.1 Å². The normalized spacial score (nSPS) is 12.1. The molecule has 3 heteroatoms. The molecule has 1 rings (SSSR count). The lowest BCUT2D eigenvalue weighted by molar-refractivity contribution is 0.541. The summed E-state index contributed by atoms with van der Waals surface area (Å²) in [7, 11) is 0. The second-order valence-corrected chi connectivity index (χ2v) is 3.13. The van der Waals surface area contributed by atoms with E-state index >= 15 is 0 Å². The van der Waals surface area contributed by atoms with E-state index in [0.717, 1.165) is 6.54 Å². The summed E-state index contributed by atoms with van der Waals surface area (Å²) in [5, 5.41) is 11.8. The van der Waals surface area contributed by atoms with Crippen molar-refractivity contribution < 1.29 is 4.39 Å². The fraction of sp³-hybridized carbons (Fsp3) is 0.364. The van der Waals surface area contributed by atoms with Gasteiger partial charge in [-0.3, -0.25) is 0 Å². The van der Waals surface area contributed by atoms with E-state index in [1.165, 1.54) is 12.1 Å². The van der Waals surface area contributed by atoms with Crippen molar-refractivity contribution in [1.82, 2.24) is 5.32 Å². The Labute approximate surface area is 83.4 Å². The summed E-state index contributed by atoms with van der Waals surface area (Å²) in [6.45, 7) is 4.61. The van der Waals surface area contributed by atoms with E-state index < -0.39 is 0 Å². The first-order valence-corrected chi connectivity index (χ1v) is 4.62. The number of hydrogen-bond acceptors (Lipinski definition) is 2. The van der Waals surface area contributed by atoms with Gasteiger partial charge >= 0.3 is 0 Å². The summed E-state index contributed by atoms with van der Waals surface area (Å²) in [4.78, 5) is 0. The van der Waals surface area contributed by atoms with E-state index in [2.05, 4.69) is 5.32 Å². The highest BCUT2D eigenvalue weighted by atomic mass is 19.1. The van der Waals surface area contributed by atoms with Crippen LogP contribution in [0.1, 0.15) is 31.0 Å². The Morgan fingerprint density at radius 1 is 1.57 bits per heavy atom. The van der Waals surface area contributed by atoms with Gasteiger partial charge in [0.15, 0.2) is 0 Å². The summed E-state index contributed by atoms with van der Waals surface area (Å²) in [5.74, 6) is -0.266. The number of rotatable bonds is 3. The molecule has 0 aliphatic heterocycles. The van der Waals surface area contributed by atoms with Crippen molar-refractivity contribution in [3.63, 3.8) is 0 Å². The van der Waals surface area contributed by atoms with Gasteiger partial charge < -0.3 is 5.32 Å². The van der Waals surface area contributed by atoms with Crippen LogP contribution in [-0.2, 0) is 0 Å². The number of nitrogens with zero attached hydrogens (tertiary/aromatic N) is 1. The molecule has 0 spiro atoms. The van der Waals surface area contributed by atoms with Crippen molar-refractivity contribution in [1.29, 1.82) is 5.26 Å². The van der Waals surface area contributed by atoms with Crippen LogP contribution in [0, 0.1) is 17.1 Å². The Morgan fingerprint density at radius 3 is 2.86 bits per heavy atom. The first-order valence-electron chi connectivity index (χ1n) is 4.62. The minimum Gasteiger partial charge on any atom is -0.310 e. The number of hydrogen-bond donors (Lipinski definition) is 1. The molecule has 0 heterocycles. The minimum absolute atomic E-state index is 0.0618. The number of nitriles is 1. The molecule has 1 N–H and O–H groups in total. The Hall–Kier alpha value is -1.40. The zero-order valence-corrected chi connectivity index (χ0v) is 8.34. The molecule has 0 aliphatic rings. The summed E-state index contributed by atoms with van der Waals surface area (Å²) in [6.07, 6.45) is 0. The monoisotopic (exact) mass is 192 g/mol. The van der Waals surface area contributed by atoms with E-state index in [1.54, 1.807) is 6.07 Å². The standard InChI is InChI=1S/C11H13FN2/c1-3-14-8(2)10-6-9(7-13)4-5-11(10)12/h4-6,8,14H,3H2,1-2H3/t8-/m1/s1. The smallest absolute Gasteiger partial charge is 0.128 e. The molecule has 0 amide bonds. The maximum absolute atomic E-state index is 13.3. The lowest BCUT2D eigenvalue weighted by atomic mass is 10.0. The lowest BCUT2D eigenvalue weighted by Gasteiger charge is -2.13. The molecular formula is C11H13FN2. The molecule has 74 valence electrons. The zero-order chi connectivity index (χ0) is 10.6. The van der Waals surface area contributed by atoms with Gasteiger partial charge in [0.2, 0.25) is 0 Å². The van der Waals surface area contributed by atoms with Crippen molar-refractivity contribution in [3.05, 3.63) is 35.1 Å². The van der Waals surface area contributed by atoms with E-state index in [4.69, 9.17) is 5.26 Å². The predicted molar refractivity (Wildman–Crippen MR) is 53.2 cm³/mol. The zero-order valence-electron chi connectivity index (χ0n) is 8.34. The highest BCUT2D eigenvalue weighted by Gasteiger charge is 2.10. The Bertz CT molecular complexity index is 355. The number of benzene rings is 1. The van der Waals surface area contributed by atoms with Crippen LogP contribution in [0.25, 0.3) is 0 Å². The Kier molecular flexibility index (Phi) is 3.61. The quantitative estimate of drug-likeness (QED) is 0.798. The lowest BCUT2D eigenvalue weighted by Crippen LogP contribution is -2.18. The number of halogens is 1. The van der Waals surface area contributed by atoms with E-state index in [-0.39, 0.29) is 11.9 Å². The van der Waals surface area contributed by atoms with Crippen molar-refractivity contribution in [2.45, 2.75) is 19.9 Å². The van der Waals surface area contributed by atoms with Crippen LogP contribution in [0.5, 0.6) is 0 Å². The van der Waals surface area contributed by atoms with Gasteiger partial charge in [-0.1, -0.05) is 6.92 Å². The van der Waals surface area contributed by atoms with Crippen LogP contribution in [-0.4, -0.2) is 6.54 Å². The molecular weight excluding hydrogens is 179 g/mol. The van der Waals surface area contributed by atoms with Crippen LogP contribution >= 0.6 is 0 Å². The molecule has 0 radical (unpaired) electrons. The van der Waals surface area contributed by atoms with Crippen molar-refractivity contribution in [2.75, 3.05) is 6.54 Å². The minimum atomic E-state index is -0.266. The van der Waals surface area contributed by atoms with Gasteiger partial charge in [-0.15, -0.1) is 0 Å². The second kappa shape index (κ2) is 4.73. The fourth-order valence-corrected chi connectivity index (χ4v) is 1.36. The molecule has 1 atom stereocenters. The fourth-order valence-electron chi connectivity index (χ4n) is 1.36. The largest absolute Gasteiger partial charge is 0.310 e. The van der Waals surface area contributed by atoms with E-state index in [1.807, 2.05) is 19.9 Å². The molecule has 0 bridgehead atoms. The predicted octanol–water partition coefficient (Wildman–Crippen LogP) is 2.37. The second-order valence-electron chi connectivity index (χ2n) is 3.13. The molecule has 0 saturated heterocycles. The topological polar surface area (TPSA) is 35.8 Å². The average Bonchev–Trinajstić information content (AvgIpc) is 2.19. The molecule has 0 saturated carbocycles. The Morgan fingerprint density at radius 2 is 2.29 bits per heavy atom. The van der Waals surface area contributed by atoms with Gasteiger partial charge in [0.1, 0.15) is 5.82 Å². The molecule has 0 fully saturated rings. The highest BCUT2D eigenvalue weighted by molar-refractivity contribution is 5.35. The maximum Gasteiger partial charge on any atom is 0.128 e. The van der Waals surface area contributed by atoms with Crippen molar-refractivity contribution >= 4 is 0 Å². The highest BCUT2D eigenvalue weighted by Crippen LogP contribution is 2.17. The van der Waals surface area contributed by atoms with Crippen LogP contribution < -0.4 is 5.32 Å².